The third-order valence-electron chi connectivity index (χ3n) is 2.94. The number of halogens is 1. The number of aromatic nitrogens is 2. The molecule has 0 atom stereocenters. The molecule has 0 saturated carbocycles. The summed E-state index contributed by atoms with van der Waals surface area (Å²) in [5.74, 6) is 1.57. The van der Waals surface area contributed by atoms with Crippen LogP contribution in [0.25, 0.3) is 5.65 Å². The number of fused-ring (bicyclic) bond motifs is 1. The Morgan fingerprint density at radius 3 is 2.55 bits per heavy atom. The minimum atomic E-state index is 0.393. The van der Waals surface area contributed by atoms with Gasteiger partial charge in [-0.3, -0.25) is 4.40 Å². The van der Waals surface area contributed by atoms with Crippen LogP contribution in [-0.4, -0.2) is 16.5 Å². The Hall–Kier alpha value is -2.20. The van der Waals surface area contributed by atoms with E-state index < -0.39 is 0 Å². The maximum absolute atomic E-state index is 6.09. The summed E-state index contributed by atoms with van der Waals surface area (Å²) in [5, 5.41) is 0.630. The zero-order valence-electron chi connectivity index (χ0n) is 10.9. The average Bonchev–Trinajstić information content (AvgIpc) is 2.90. The predicted molar refractivity (Wildman–Crippen MR) is 77.5 cm³/mol. The smallest absolute Gasteiger partial charge is 0.138 e. The van der Waals surface area contributed by atoms with Crippen molar-refractivity contribution in [1.82, 2.24) is 9.38 Å². The SMILES string of the molecule is COc1ccc(OCc2cn3c(Cl)cccc3n2)cc1. The summed E-state index contributed by atoms with van der Waals surface area (Å²) >= 11 is 6.09. The number of nitrogens with zero attached hydrogens (tertiary/aromatic N) is 2. The molecule has 0 bridgehead atoms. The van der Waals surface area contributed by atoms with Gasteiger partial charge in [0.25, 0.3) is 0 Å². The summed E-state index contributed by atoms with van der Waals surface area (Å²) in [4.78, 5) is 4.45. The van der Waals surface area contributed by atoms with Gasteiger partial charge in [0, 0.05) is 6.20 Å². The Morgan fingerprint density at radius 2 is 1.85 bits per heavy atom. The van der Waals surface area contributed by atoms with Gasteiger partial charge in [-0.05, 0) is 36.4 Å². The van der Waals surface area contributed by atoms with Gasteiger partial charge in [0.2, 0.25) is 0 Å². The summed E-state index contributed by atoms with van der Waals surface area (Å²) in [6, 6.07) is 13.0. The van der Waals surface area contributed by atoms with E-state index in [9.17, 15) is 0 Å². The van der Waals surface area contributed by atoms with E-state index in [1.165, 1.54) is 0 Å². The van der Waals surface area contributed by atoms with E-state index in [0.29, 0.717) is 11.8 Å². The van der Waals surface area contributed by atoms with Crippen LogP contribution in [0, 0.1) is 0 Å². The van der Waals surface area contributed by atoms with Crippen molar-refractivity contribution >= 4 is 17.2 Å². The molecule has 5 heteroatoms. The van der Waals surface area contributed by atoms with E-state index in [0.717, 1.165) is 22.8 Å². The van der Waals surface area contributed by atoms with E-state index >= 15 is 0 Å². The molecule has 0 aliphatic rings. The predicted octanol–water partition coefficient (Wildman–Crippen LogP) is 3.58. The Balaban J connectivity index is 1.74. The number of hydrogen-bond acceptors (Lipinski definition) is 3. The van der Waals surface area contributed by atoms with Crippen LogP contribution in [0.3, 0.4) is 0 Å². The number of imidazole rings is 1. The molecule has 0 aliphatic heterocycles. The first kappa shape index (κ1) is 12.8. The van der Waals surface area contributed by atoms with Crippen LogP contribution in [0.2, 0.25) is 5.15 Å². The van der Waals surface area contributed by atoms with E-state index in [1.807, 2.05) is 53.1 Å². The highest BCUT2D eigenvalue weighted by Crippen LogP contribution is 2.19. The number of benzene rings is 1. The zero-order chi connectivity index (χ0) is 13.9. The van der Waals surface area contributed by atoms with Gasteiger partial charge < -0.3 is 9.47 Å². The number of methoxy groups -OCH3 is 1. The molecule has 2 aromatic heterocycles. The van der Waals surface area contributed by atoms with Crippen LogP contribution < -0.4 is 9.47 Å². The third kappa shape index (κ3) is 2.56. The van der Waals surface area contributed by atoms with Gasteiger partial charge in [-0.15, -0.1) is 0 Å². The van der Waals surface area contributed by atoms with Gasteiger partial charge in [0.15, 0.2) is 0 Å². The number of hydrogen-bond donors (Lipinski definition) is 0. The molecule has 0 unspecified atom stereocenters. The lowest BCUT2D eigenvalue weighted by molar-refractivity contribution is 0.301. The van der Waals surface area contributed by atoms with E-state index in [1.54, 1.807) is 7.11 Å². The fourth-order valence-electron chi connectivity index (χ4n) is 1.93. The Kier molecular flexibility index (Phi) is 3.48. The molecule has 1 aromatic carbocycles. The second kappa shape index (κ2) is 5.43. The van der Waals surface area contributed by atoms with E-state index in [4.69, 9.17) is 21.1 Å². The van der Waals surface area contributed by atoms with Gasteiger partial charge in [-0.25, -0.2) is 4.98 Å². The number of rotatable bonds is 4. The molecule has 3 rings (SSSR count). The molecule has 0 spiro atoms. The van der Waals surface area contributed by atoms with E-state index in [-0.39, 0.29) is 0 Å². The Morgan fingerprint density at radius 1 is 1.10 bits per heavy atom. The number of ether oxygens (including phenoxy) is 2. The lowest BCUT2D eigenvalue weighted by atomic mass is 10.3. The van der Waals surface area contributed by atoms with Crippen LogP contribution in [0.15, 0.2) is 48.7 Å². The van der Waals surface area contributed by atoms with Crippen molar-refractivity contribution in [3.8, 4) is 11.5 Å². The van der Waals surface area contributed by atoms with Crippen LogP contribution in [-0.2, 0) is 6.61 Å². The maximum atomic E-state index is 6.09. The van der Waals surface area contributed by atoms with Crippen LogP contribution in [0.5, 0.6) is 11.5 Å². The molecular weight excluding hydrogens is 276 g/mol. The molecule has 2 heterocycles. The largest absolute Gasteiger partial charge is 0.497 e. The monoisotopic (exact) mass is 288 g/mol. The molecule has 0 aliphatic carbocycles. The fourth-order valence-corrected chi connectivity index (χ4v) is 2.13. The first-order chi connectivity index (χ1) is 9.76. The first-order valence-electron chi connectivity index (χ1n) is 6.15. The van der Waals surface area contributed by atoms with Crippen molar-refractivity contribution in [3.63, 3.8) is 0 Å². The molecule has 3 aromatic rings. The third-order valence-corrected chi connectivity index (χ3v) is 3.25. The Bertz CT molecular complexity index is 722. The highest BCUT2D eigenvalue weighted by molar-refractivity contribution is 6.29. The van der Waals surface area contributed by atoms with Gasteiger partial charge in [-0.1, -0.05) is 17.7 Å². The van der Waals surface area contributed by atoms with Crippen LogP contribution in [0.4, 0.5) is 0 Å². The molecular formula is C15H13ClN2O2. The molecule has 4 nitrogen and oxygen atoms in total. The van der Waals surface area contributed by atoms with Crippen molar-refractivity contribution in [2.75, 3.05) is 7.11 Å². The average molecular weight is 289 g/mol. The molecule has 0 amide bonds. The van der Waals surface area contributed by atoms with Crippen molar-refractivity contribution < 1.29 is 9.47 Å². The minimum absolute atomic E-state index is 0.393. The zero-order valence-corrected chi connectivity index (χ0v) is 11.7. The van der Waals surface area contributed by atoms with Crippen molar-refractivity contribution in [2.45, 2.75) is 6.61 Å². The summed E-state index contributed by atoms with van der Waals surface area (Å²) in [7, 11) is 1.64. The fraction of sp³-hybridized carbons (Fsp3) is 0.133. The minimum Gasteiger partial charge on any atom is -0.497 e. The topological polar surface area (TPSA) is 35.8 Å². The van der Waals surface area contributed by atoms with Crippen molar-refractivity contribution in [2.24, 2.45) is 0 Å². The summed E-state index contributed by atoms with van der Waals surface area (Å²) in [6.07, 6.45) is 1.88. The number of pyridine rings is 1. The van der Waals surface area contributed by atoms with Crippen LogP contribution >= 0.6 is 11.6 Å². The maximum Gasteiger partial charge on any atom is 0.138 e. The van der Waals surface area contributed by atoms with Gasteiger partial charge >= 0.3 is 0 Å². The Labute approximate surface area is 121 Å². The second-order valence-electron chi connectivity index (χ2n) is 4.27. The lowest BCUT2D eigenvalue weighted by Gasteiger charge is -2.05. The quantitative estimate of drug-likeness (QED) is 0.689. The summed E-state index contributed by atoms with van der Waals surface area (Å²) in [5.41, 5.74) is 1.64. The molecule has 0 saturated heterocycles. The molecule has 0 fully saturated rings. The normalized spacial score (nSPS) is 10.7. The molecule has 0 N–H and O–H groups in total. The molecule has 0 radical (unpaired) electrons. The summed E-state index contributed by atoms with van der Waals surface area (Å²) in [6.45, 7) is 0.393. The van der Waals surface area contributed by atoms with Crippen molar-refractivity contribution in [1.29, 1.82) is 0 Å². The highest BCUT2D eigenvalue weighted by Gasteiger charge is 2.04. The van der Waals surface area contributed by atoms with Gasteiger partial charge in [0.1, 0.15) is 28.9 Å². The van der Waals surface area contributed by atoms with E-state index in [2.05, 4.69) is 4.98 Å². The molecule has 20 heavy (non-hydrogen) atoms. The van der Waals surface area contributed by atoms with Crippen LogP contribution in [0.1, 0.15) is 5.69 Å². The summed E-state index contributed by atoms with van der Waals surface area (Å²) < 4.78 is 12.6. The highest BCUT2D eigenvalue weighted by atomic mass is 35.5. The van der Waals surface area contributed by atoms with Gasteiger partial charge in [0.05, 0.1) is 12.8 Å². The second-order valence-corrected chi connectivity index (χ2v) is 4.66. The lowest BCUT2D eigenvalue weighted by Crippen LogP contribution is -1.95. The first-order valence-corrected chi connectivity index (χ1v) is 6.53. The van der Waals surface area contributed by atoms with Crippen molar-refractivity contribution in [3.05, 3.63) is 59.5 Å². The molecule has 102 valence electrons. The van der Waals surface area contributed by atoms with Gasteiger partial charge in [-0.2, -0.15) is 0 Å². The standard InChI is InChI=1S/C15H13ClN2O2/c1-19-12-5-7-13(8-6-12)20-10-11-9-18-14(16)3-2-4-15(18)17-11/h2-9H,10H2,1H3.